The largest absolute Gasteiger partial charge is 0.310 e. The molecule has 0 radical (unpaired) electrons. The molecule has 4 aliphatic carbocycles. The van der Waals surface area contributed by atoms with Gasteiger partial charge in [-0.25, -0.2) is 0 Å². The predicted molar refractivity (Wildman–Crippen MR) is 309 cm³/mol. The highest BCUT2D eigenvalue weighted by Crippen LogP contribution is 2.63. The van der Waals surface area contributed by atoms with E-state index < -0.39 is 5.41 Å². The van der Waals surface area contributed by atoms with Gasteiger partial charge in [-0.1, -0.05) is 234 Å². The number of nitrogens with zero attached hydrogens (tertiary/aromatic N) is 1. The van der Waals surface area contributed by atoms with Crippen LogP contribution < -0.4 is 4.90 Å². The van der Waals surface area contributed by atoms with E-state index in [9.17, 15) is 0 Å². The number of rotatable bonds is 6. The van der Waals surface area contributed by atoms with E-state index in [1.807, 2.05) is 0 Å². The number of para-hydroxylation sites is 1. The minimum absolute atomic E-state index is 0.0497. The standard InChI is InChI=1S/C73H53N/c1-71(2)61-28-11-5-24-55(61)60-44-48(38-42-63(60)71)47-19-17-20-51(43-47)74(69-34-16-10-25-57(69)58-27-18-33-67-70(58)59-26-9-12-29-62(59)72(67,3)4)50-39-35-46(36-40-50)49-37-41-56-54-23-8-15-32-66(54)73(68(56)45-49)64-30-13-6-21-52(64)53-22-7-14-31-65(53)73/h5-45H,1-4H3. The molecule has 1 heteroatoms. The van der Waals surface area contributed by atoms with E-state index in [-0.39, 0.29) is 10.8 Å². The Hall–Kier alpha value is -8.78. The third-order valence-corrected chi connectivity index (χ3v) is 17.5. The molecule has 1 nitrogen and oxygen atoms in total. The van der Waals surface area contributed by atoms with Gasteiger partial charge in [0.1, 0.15) is 0 Å². The van der Waals surface area contributed by atoms with Crippen LogP contribution in [0.3, 0.4) is 0 Å². The van der Waals surface area contributed by atoms with Crippen LogP contribution in [0, 0.1) is 0 Å². The van der Waals surface area contributed by atoms with E-state index in [1.54, 1.807) is 0 Å². The maximum Gasteiger partial charge on any atom is 0.0725 e. The minimum Gasteiger partial charge on any atom is -0.310 e. The first-order valence-electron chi connectivity index (χ1n) is 26.2. The highest BCUT2D eigenvalue weighted by molar-refractivity contribution is 6.00. The molecule has 0 saturated heterocycles. The Balaban J connectivity index is 0.892. The number of hydrogen-bond acceptors (Lipinski definition) is 1. The van der Waals surface area contributed by atoms with Crippen LogP contribution in [0.25, 0.3) is 77.9 Å². The number of anilines is 3. The summed E-state index contributed by atoms with van der Waals surface area (Å²) in [5.41, 5.74) is 31.6. The van der Waals surface area contributed by atoms with Crippen LogP contribution in [0.15, 0.2) is 249 Å². The molecule has 0 atom stereocenters. The van der Waals surface area contributed by atoms with Crippen molar-refractivity contribution in [2.75, 3.05) is 4.90 Å². The molecule has 4 aliphatic rings. The lowest BCUT2D eigenvalue weighted by Crippen LogP contribution is -2.25. The van der Waals surface area contributed by atoms with E-state index in [2.05, 4.69) is 281 Å². The van der Waals surface area contributed by atoms with Crippen molar-refractivity contribution in [2.24, 2.45) is 0 Å². The molecule has 0 amide bonds. The van der Waals surface area contributed by atoms with Crippen LogP contribution in [-0.4, -0.2) is 0 Å². The molecule has 0 aromatic heterocycles. The molecule has 350 valence electrons. The zero-order valence-corrected chi connectivity index (χ0v) is 42.1. The Morgan fingerprint density at radius 1 is 0.243 bits per heavy atom. The van der Waals surface area contributed by atoms with Gasteiger partial charge in [-0.3, -0.25) is 0 Å². The molecule has 0 unspecified atom stereocenters. The van der Waals surface area contributed by atoms with E-state index in [1.165, 1.54) is 122 Å². The molecule has 0 N–H and O–H groups in total. The summed E-state index contributed by atoms with van der Waals surface area (Å²) in [6.07, 6.45) is 0. The van der Waals surface area contributed by atoms with E-state index in [4.69, 9.17) is 0 Å². The minimum atomic E-state index is -0.396. The quantitative estimate of drug-likeness (QED) is 0.161. The van der Waals surface area contributed by atoms with Crippen LogP contribution >= 0.6 is 0 Å². The van der Waals surface area contributed by atoms with Gasteiger partial charge in [-0.05, 0) is 159 Å². The third-order valence-electron chi connectivity index (χ3n) is 17.5. The van der Waals surface area contributed by atoms with Crippen molar-refractivity contribution in [3.05, 3.63) is 293 Å². The summed E-state index contributed by atoms with van der Waals surface area (Å²) in [5.74, 6) is 0. The van der Waals surface area contributed by atoms with Crippen molar-refractivity contribution in [1.82, 2.24) is 0 Å². The van der Waals surface area contributed by atoms with Crippen LogP contribution in [0.5, 0.6) is 0 Å². The SMILES string of the molecule is CC1(C)c2ccccc2-c2cc(-c3cccc(N(c4ccc(-c5ccc6c(c5)C5(c7ccccc7-c7ccccc75)c5ccccc5-6)cc4)c4ccccc4-c4cccc5c4-c4ccccc4C5(C)C)c3)ccc21. The average Bonchev–Trinajstić information content (AvgIpc) is 4.15. The molecule has 15 rings (SSSR count). The molecular weight excluding hydrogens is 891 g/mol. The summed E-state index contributed by atoms with van der Waals surface area (Å²) < 4.78 is 0. The van der Waals surface area contributed by atoms with Crippen LogP contribution in [-0.2, 0) is 16.2 Å². The second kappa shape index (κ2) is 15.6. The summed E-state index contributed by atoms with van der Waals surface area (Å²) in [6, 6.07) is 93.9. The highest BCUT2D eigenvalue weighted by atomic mass is 15.1. The number of benzene rings is 11. The monoisotopic (exact) mass is 943 g/mol. The molecule has 11 aromatic carbocycles. The normalized spacial score (nSPS) is 14.8. The van der Waals surface area contributed by atoms with Gasteiger partial charge >= 0.3 is 0 Å². The van der Waals surface area contributed by atoms with E-state index >= 15 is 0 Å². The van der Waals surface area contributed by atoms with Crippen molar-refractivity contribution in [2.45, 2.75) is 43.9 Å². The summed E-state index contributed by atoms with van der Waals surface area (Å²) in [4.78, 5) is 2.49. The van der Waals surface area contributed by atoms with Gasteiger partial charge in [0.15, 0.2) is 0 Å². The maximum absolute atomic E-state index is 2.49. The Morgan fingerprint density at radius 3 is 1.34 bits per heavy atom. The zero-order chi connectivity index (χ0) is 49.5. The lowest BCUT2D eigenvalue weighted by Gasteiger charge is -2.31. The average molecular weight is 944 g/mol. The first-order valence-corrected chi connectivity index (χ1v) is 26.2. The molecule has 0 aliphatic heterocycles. The summed E-state index contributed by atoms with van der Waals surface area (Å²) >= 11 is 0. The second-order valence-electron chi connectivity index (χ2n) is 21.9. The van der Waals surface area contributed by atoms with Gasteiger partial charge in [0.2, 0.25) is 0 Å². The van der Waals surface area contributed by atoms with E-state index in [0.717, 1.165) is 17.1 Å². The maximum atomic E-state index is 2.49. The fraction of sp³-hybridized carbons (Fsp3) is 0.0959. The van der Waals surface area contributed by atoms with Gasteiger partial charge in [-0.15, -0.1) is 0 Å². The lowest BCUT2D eigenvalue weighted by atomic mass is 9.70. The molecular formula is C73H53N. The van der Waals surface area contributed by atoms with E-state index in [0.29, 0.717) is 0 Å². The molecule has 0 saturated carbocycles. The van der Waals surface area contributed by atoms with Crippen molar-refractivity contribution < 1.29 is 0 Å². The molecule has 0 heterocycles. The third kappa shape index (κ3) is 5.81. The second-order valence-corrected chi connectivity index (χ2v) is 21.9. The van der Waals surface area contributed by atoms with Crippen LogP contribution in [0.4, 0.5) is 17.1 Å². The first kappa shape index (κ1) is 42.9. The topological polar surface area (TPSA) is 3.24 Å². The summed E-state index contributed by atoms with van der Waals surface area (Å²) in [7, 11) is 0. The number of fused-ring (bicyclic) bond motifs is 16. The van der Waals surface area contributed by atoms with Crippen molar-refractivity contribution in [1.29, 1.82) is 0 Å². The Morgan fingerprint density at radius 2 is 0.676 bits per heavy atom. The number of hydrogen-bond donors (Lipinski definition) is 0. The fourth-order valence-corrected chi connectivity index (χ4v) is 14.1. The van der Waals surface area contributed by atoms with Gasteiger partial charge in [0.25, 0.3) is 0 Å². The van der Waals surface area contributed by atoms with Crippen molar-refractivity contribution in [3.63, 3.8) is 0 Å². The lowest BCUT2D eigenvalue weighted by molar-refractivity contribution is 0.660. The van der Waals surface area contributed by atoms with Gasteiger partial charge in [0.05, 0.1) is 11.1 Å². The Bertz CT molecular complexity index is 4080. The summed E-state index contributed by atoms with van der Waals surface area (Å²) in [5, 5.41) is 0. The van der Waals surface area contributed by atoms with Gasteiger partial charge in [-0.2, -0.15) is 0 Å². The molecule has 0 fully saturated rings. The highest BCUT2D eigenvalue weighted by Gasteiger charge is 2.51. The summed E-state index contributed by atoms with van der Waals surface area (Å²) in [6.45, 7) is 9.45. The Kier molecular flexibility index (Phi) is 9.04. The molecule has 0 bridgehead atoms. The zero-order valence-electron chi connectivity index (χ0n) is 42.1. The van der Waals surface area contributed by atoms with Crippen molar-refractivity contribution in [3.8, 4) is 77.9 Å². The van der Waals surface area contributed by atoms with Crippen LogP contribution in [0.2, 0.25) is 0 Å². The first-order chi connectivity index (χ1) is 36.2. The van der Waals surface area contributed by atoms with Gasteiger partial charge < -0.3 is 4.90 Å². The van der Waals surface area contributed by atoms with Gasteiger partial charge in [0, 0.05) is 27.8 Å². The predicted octanol–water partition coefficient (Wildman–Crippen LogP) is 19.1. The molecule has 1 spiro atoms. The van der Waals surface area contributed by atoms with Crippen LogP contribution in [0.1, 0.15) is 72.2 Å². The van der Waals surface area contributed by atoms with Crippen molar-refractivity contribution >= 4 is 17.1 Å². The Labute approximate surface area is 434 Å². The fourth-order valence-electron chi connectivity index (χ4n) is 14.1. The molecule has 74 heavy (non-hydrogen) atoms. The molecule has 11 aromatic rings. The smallest absolute Gasteiger partial charge is 0.0725 e.